The quantitative estimate of drug-likeness (QED) is 0.419. The Morgan fingerprint density at radius 3 is 1.23 bits per heavy atom. The fraction of sp³-hybridized carbons (Fsp3) is 0.417. The van der Waals surface area contributed by atoms with E-state index in [9.17, 15) is 9.59 Å². The van der Waals surface area contributed by atoms with Gasteiger partial charge in [0.15, 0.2) is 0 Å². The highest BCUT2D eigenvalue weighted by molar-refractivity contribution is 5.71. The molecule has 0 aliphatic heterocycles. The molecule has 2 aromatic carbocycles. The molecule has 0 fully saturated rings. The zero-order valence-corrected chi connectivity index (χ0v) is 18.2. The molecule has 0 atom stereocenters. The number of hydrogen-bond acceptors (Lipinski definition) is 6. The zero-order valence-electron chi connectivity index (χ0n) is 18.2. The molecule has 0 aliphatic rings. The summed E-state index contributed by atoms with van der Waals surface area (Å²) in [5.74, 6) is 1.04. The van der Waals surface area contributed by atoms with Gasteiger partial charge in [0.05, 0.1) is 11.8 Å². The second kappa shape index (κ2) is 14.9. The van der Waals surface area contributed by atoms with E-state index in [0.29, 0.717) is 26.4 Å². The van der Waals surface area contributed by atoms with E-state index in [-0.39, 0.29) is 23.8 Å². The highest BCUT2D eigenvalue weighted by atomic mass is 16.6. The molecule has 0 saturated carbocycles. The van der Waals surface area contributed by atoms with E-state index in [1.54, 1.807) is 27.7 Å². The van der Waals surface area contributed by atoms with Crippen molar-refractivity contribution < 1.29 is 28.5 Å². The number of hydrogen-bond donors (Lipinski definition) is 0. The Labute approximate surface area is 179 Å². The molecular formula is C24H32O6. The van der Waals surface area contributed by atoms with E-state index in [4.69, 9.17) is 18.9 Å². The third kappa shape index (κ3) is 11.7. The summed E-state index contributed by atoms with van der Waals surface area (Å²) < 4.78 is 20.6. The first-order chi connectivity index (χ1) is 14.4. The van der Waals surface area contributed by atoms with Crippen LogP contribution in [0.3, 0.4) is 0 Å². The Hall–Kier alpha value is -3.02. The topological polar surface area (TPSA) is 71.1 Å². The Morgan fingerprint density at radius 2 is 0.933 bits per heavy atom. The molecule has 0 aromatic heterocycles. The number of esters is 2. The largest absolute Gasteiger partial charge is 0.490 e. The number of carbonyl (C=O) groups is 2. The third-order valence-corrected chi connectivity index (χ3v) is 3.62. The van der Waals surface area contributed by atoms with E-state index < -0.39 is 0 Å². The lowest BCUT2D eigenvalue weighted by Crippen LogP contribution is -2.16. The third-order valence-electron chi connectivity index (χ3n) is 3.62. The average Bonchev–Trinajstić information content (AvgIpc) is 2.75. The van der Waals surface area contributed by atoms with Crippen LogP contribution in [0.4, 0.5) is 0 Å². The van der Waals surface area contributed by atoms with Gasteiger partial charge in [-0.2, -0.15) is 0 Å². The Bertz CT molecular complexity index is 649. The molecule has 30 heavy (non-hydrogen) atoms. The molecule has 0 spiro atoms. The lowest BCUT2D eigenvalue weighted by Gasteiger charge is -2.08. The van der Waals surface area contributed by atoms with Crippen molar-refractivity contribution in [1.82, 2.24) is 0 Å². The zero-order chi connectivity index (χ0) is 22.2. The average molecular weight is 417 g/mol. The van der Waals surface area contributed by atoms with Crippen LogP contribution in [0.25, 0.3) is 0 Å². The maximum Gasteiger partial charge on any atom is 0.308 e. The van der Waals surface area contributed by atoms with Gasteiger partial charge in [-0.05, 0) is 24.3 Å². The van der Waals surface area contributed by atoms with Gasteiger partial charge in [-0.25, -0.2) is 0 Å². The minimum atomic E-state index is -0.188. The molecule has 0 bridgehead atoms. The molecule has 0 amide bonds. The van der Waals surface area contributed by atoms with Crippen LogP contribution < -0.4 is 9.47 Å². The predicted octanol–water partition coefficient (Wildman–Crippen LogP) is 4.53. The van der Waals surface area contributed by atoms with Crippen LogP contribution in [0.2, 0.25) is 0 Å². The van der Waals surface area contributed by atoms with Gasteiger partial charge >= 0.3 is 11.9 Å². The van der Waals surface area contributed by atoms with Crippen molar-refractivity contribution in [3.63, 3.8) is 0 Å². The fourth-order valence-electron chi connectivity index (χ4n) is 1.97. The number of ether oxygens (including phenoxy) is 4. The summed E-state index contributed by atoms with van der Waals surface area (Å²) in [7, 11) is 0. The van der Waals surface area contributed by atoms with Gasteiger partial charge in [-0.1, -0.05) is 64.1 Å². The molecule has 164 valence electrons. The van der Waals surface area contributed by atoms with Gasteiger partial charge < -0.3 is 18.9 Å². The molecule has 0 aliphatic carbocycles. The predicted molar refractivity (Wildman–Crippen MR) is 115 cm³/mol. The van der Waals surface area contributed by atoms with Crippen LogP contribution in [0.1, 0.15) is 27.7 Å². The number of rotatable bonds is 10. The highest BCUT2D eigenvalue weighted by Gasteiger charge is 2.08. The summed E-state index contributed by atoms with van der Waals surface area (Å²) in [5.41, 5.74) is 0. The summed E-state index contributed by atoms with van der Waals surface area (Å²) in [6.45, 7) is 8.60. The first kappa shape index (κ1) is 25.0. The van der Waals surface area contributed by atoms with Crippen molar-refractivity contribution >= 4 is 11.9 Å². The lowest BCUT2D eigenvalue weighted by molar-refractivity contribution is -0.148. The van der Waals surface area contributed by atoms with Gasteiger partial charge in [-0.3, -0.25) is 9.59 Å². The van der Waals surface area contributed by atoms with Gasteiger partial charge in [0, 0.05) is 0 Å². The van der Waals surface area contributed by atoms with Crippen LogP contribution >= 0.6 is 0 Å². The van der Waals surface area contributed by atoms with Crippen LogP contribution in [-0.4, -0.2) is 38.4 Å². The molecule has 0 N–H and O–H groups in total. The van der Waals surface area contributed by atoms with Crippen molar-refractivity contribution in [1.29, 1.82) is 0 Å². The summed E-state index contributed by atoms with van der Waals surface area (Å²) >= 11 is 0. The molecule has 0 heterocycles. The normalized spacial score (nSPS) is 10.1. The van der Waals surface area contributed by atoms with Crippen LogP contribution in [0.5, 0.6) is 11.5 Å². The SMILES string of the molecule is CC(C)C(=O)OCCOc1ccccc1.CC(C)C(=O)OCCOc1ccccc1. The standard InChI is InChI=1S/2C12H16O3/c2*1-10(2)12(13)15-9-8-14-11-6-4-3-5-7-11/h2*3-7,10H,8-9H2,1-2H3. The summed E-state index contributed by atoms with van der Waals surface area (Å²) in [6.07, 6.45) is 0. The fourth-order valence-corrected chi connectivity index (χ4v) is 1.97. The summed E-state index contributed by atoms with van der Waals surface area (Å²) in [5, 5.41) is 0. The first-order valence-electron chi connectivity index (χ1n) is 10.1. The summed E-state index contributed by atoms with van der Waals surface area (Å²) in [4.78, 5) is 22.2. The van der Waals surface area contributed by atoms with E-state index in [2.05, 4.69) is 0 Å². The first-order valence-corrected chi connectivity index (χ1v) is 10.1. The lowest BCUT2D eigenvalue weighted by atomic mass is 10.2. The maximum atomic E-state index is 11.1. The minimum absolute atomic E-state index is 0.0817. The highest BCUT2D eigenvalue weighted by Crippen LogP contribution is 2.08. The van der Waals surface area contributed by atoms with Crippen molar-refractivity contribution in [2.45, 2.75) is 27.7 Å². The molecule has 2 rings (SSSR count). The van der Waals surface area contributed by atoms with Crippen molar-refractivity contribution in [3.05, 3.63) is 60.7 Å². The van der Waals surface area contributed by atoms with Gasteiger partial charge in [0.1, 0.15) is 37.9 Å². The van der Waals surface area contributed by atoms with E-state index in [1.165, 1.54) is 0 Å². The van der Waals surface area contributed by atoms with Crippen molar-refractivity contribution in [3.8, 4) is 11.5 Å². The van der Waals surface area contributed by atoms with E-state index in [0.717, 1.165) is 11.5 Å². The van der Waals surface area contributed by atoms with Crippen LogP contribution in [0, 0.1) is 11.8 Å². The van der Waals surface area contributed by atoms with E-state index in [1.807, 2.05) is 60.7 Å². The smallest absolute Gasteiger partial charge is 0.308 e. The molecule has 0 radical (unpaired) electrons. The van der Waals surface area contributed by atoms with Crippen molar-refractivity contribution in [2.24, 2.45) is 11.8 Å². The number of benzene rings is 2. The minimum Gasteiger partial charge on any atom is -0.490 e. The monoisotopic (exact) mass is 416 g/mol. The van der Waals surface area contributed by atoms with Crippen LogP contribution in [-0.2, 0) is 19.1 Å². The molecular weight excluding hydrogens is 384 g/mol. The number of carbonyl (C=O) groups excluding carboxylic acids is 2. The number of para-hydroxylation sites is 2. The second-order valence-electron chi connectivity index (χ2n) is 6.97. The summed E-state index contributed by atoms with van der Waals surface area (Å²) in [6, 6.07) is 18.9. The van der Waals surface area contributed by atoms with Crippen LogP contribution in [0.15, 0.2) is 60.7 Å². The van der Waals surface area contributed by atoms with Gasteiger partial charge in [0.2, 0.25) is 0 Å². The molecule has 6 heteroatoms. The molecule has 6 nitrogen and oxygen atoms in total. The maximum absolute atomic E-state index is 11.1. The Morgan fingerprint density at radius 1 is 0.600 bits per heavy atom. The second-order valence-corrected chi connectivity index (χ2v) is 6.97. The molecule has 2 aromatic rings. The van der Waals surface area contributed by atoms with Gasteiger partial charge in [0.25, 0.3) is 0 Å². The molecule has 0 unspecified atom stereocenters. The van der Waals surface area contributed by atoms with Crippen molar-refractivity contribution in [2.75, 3.05) is 26.4 Å². The Kier molecular flexibility index (Phi) is 12.4. The Balaban J connectivity index is 0.000000300. The molecule has 0 saturated heterocycles. The van der Waals surface area contributed by atoms with Gasteiger partial charge in [-0.15, -0.1) is 0 Å². The van der Waals surface area contributed by atoms with E-state index >= 15 is 0 Å².